The SMILES string of the molecule is O=C(CCN1CCC(C(=O)c2ccccc2)CC1)Nc1ccccc1Cl. The molecule has 1 fully saturated rings. The predicted molar refractivity (Wildman–Crippen MR) is 105 cm³/mol. The van der Waals surface area contributed by atoms with E-state index in [2.05, 4.69) is 10.2 Å². The van der Waals surface area contributed by atoms with E-state index in [1.807, 2.05) is 42.5 Å². The molecule has 1 aliphatic rings. The number of benzene rings is 2. The first-order valence-corrected chi connectivity index (χ1v) is 9.37. The molecule has 1 N–H and O–H groups in total. The summed E-state index contributed by atoms with van der Waals surface area (Å²) in [4.78, 5) is 26.9. The molecule has 0 aliphatic carbocycles. The molecule has 3 rings (SSSR count). The molecule has 4 nitrogen and oxygen atoms in total. The summed E-state index contributed by atoms with van der Waals surface area (Å²) in [5, 5.41) is 3.39. The first kappa shape index (κ1) is 18.6. The molecular formula is C21H23ClN2O2. The van der Waals surface area contributed by atoms with Crippen LogP contribution in [0.25, 0.3) is 0 Å². The van der Waals surface area contributed by atoms with Crippen molar-refractivity contribution >= 4 is 29.0 Å². The number of carbonyl (C=O) groups is 2. The summed E-state index contributed by atoms with van der Waals surface area (Å²) in [5.41, 5.74) is 1.44. The summed E-state index contributed by atoms with van der Waals surface area (Å²) in [6.45, 7) is 2.40. The van der Waals surface area contributed by atoms with E-state index in [0.29, 0.717) is 23.7 Å². The number of piperidine rings is 1. The molecule has 0 unspecified atom stereocenters. The lowest BCUT2D eigenvalue weighted by atomic mass is 9.89. The fourth-order valence-electron chi connectivity index (χ4n) is 3.29. The van der Waals surface area contributed by atoms with Crippen LogP contribution in [0.3, 0.4) is 0 Å². The van der Waals surface area contributed by atoms with Gasteiger partial charge < -0.3 is 10.2 Å². The lowest BCUT2D eigenvalue weighted by Gasteiger charge is -2.31. The van der Waals surface area contributed by atoms with E-state index in [9.17, 15) is 9.59 Å². The van der Waals surface area contributed by atoms with E-state index in [-0.39, 0.29) is 17.6 Å². The van der Waals surface area contributed by atoms with Gasteiger partial charge in [0.05, 0.1) is 10.7 Å². The highest BCUT2D eigenvalue weighted by Crippen LogP contribution is 2.23. The minimum atomic E-state index is -0.0411. The minimum absolute atomic E-state index is 0.0411. The van der Waals surface area contributed by atoms with E-state index in [1.165, 1.54) is 0 Å². The summed E-state index contributed by atoms with van der Waals surface area (Å²) in [6, 6.07) is 16.7. The van der Waals surface area contributed by atoms with Gasteiger partial charge in [0.15, 0.2) is 5.78 Å². The maximum atomic E-state index is 12.5. The standard InChI is InChI=1S/C21H23ClN2O2/c22-18-8-4-5-9-19(18)23-20(25)12-15-24-13-10-17(11-14-24)21(26)16-6-2-1-3-7-16/h1-9,17H,10-15H2,(H,23,25). The number of anilines is 1. The van der Waals surface area contributed by atoms with Gasteiger partial charge in [0.25, 0.3) is 0 Å². The second-order valence-corrected chi connectivity index (χ2v) is 7.03. The van der Waals surface area contributed by atoms with Gasteiger partial charge in [-0.2, -0.15) is 0 Å². The molecule has 1 heterocycles. The highest BCUT2D eigenvalue weighted by atomic mass is 35.5. The zero-order valence-electron chi connectivity index (χ0n) is 14.7. The van der Waals surface area contributed by atoms with Gasteiger partial charge in [-0.05, 0) is 38.1 Å². The summed E-state index contributed by atoms with van der Waals surface area (Å²) >= 11 is 6.06. The van der Waals surface area contributed by atoms with Crippen LogP contribution in [0.5, 0.6) is 0 Å². The first-order chi connectivity index (χ1) is 12.6. The fourth-order valence-corrected chi connectivity index (χ4v) is 3.47. The Balaban J connectivity index is 1.42. The summed E-state index contributed by atoms with van der Waals surface area (Å²) in [6.07, 6.45) is 2.11. The number of rotatable bonds is 6. The highest BCUT2D eigenvalue weighted by Gasteiger charge is 2.25. The van der Waals surface area contributed by atoms with Crippen LogP contribution >= 0.6 is 11.6 Å². The normalized spacial score (nSPS) is 15.6. The van der Waals surface area contributed by atoms with Crippen LogP contribution in [0.2, 0.25) is 5.02 Å². The van der Waals surface area contributed by atoms with Crippen LogP contribution in [-0.4, -0.2) is 36.2 Å². The molecule has 0 atom stereocenters. The van der Waals surface area contributed by atoms with Crippen molar-refractivity contribution in [3.05, 3.63) is 65.2 Å². The molecule has 2 aromatic carbocycles. The van der Waals surface area contributed by atoms with Gasteiger partial charge in [0.1, 0.15) is 0 Å². The number of likely N-dealkylation sites (tertiary alicyclic amines) is 1. The summed E-state index contributed by atoms with van der Waals surface area (Å²) < 4.78 is 0. The van der Waals surface area contributed by atoms with E-state index in [4.69, 9.17) is 11.6 Å². The van der Waals surface area contributed by atoms with Gasteiger partial charge in [0, 0.05) is 24.4 Å². The molecule has 26 heavy (non-hydrogen) atoms. The van der Waals surface area contributed by atoms with E-state index < -0.39 is 0 Å². The molecule has 5 heteroatoms. The topological polar surface area (TPSA) is 49.4 Å². The second-order valence-electron chi connectivity index (χ2n) is 6.62. The summed E-state index contributed by atoms with van der Waals surface area (Å²) in [5.74, 6) is 0.285. The highest BCUT2D eigenvalue weighted by molar-refractivity contribution is 6.33. The van der Waals surface area contributed by atoms with Crippen molar-refractivity contribution < 1.29 is 9.59 Å². The largest absolute Gasteiger partial charge is 0.325 e. The van der Waals surface area contributed by atoms with Crippen LogP contribution in [0.4, 0.5) is 5.69 Å². The zero-order valence-corrected chi connectivity index (χ0v) is 15.4. The second kappa shape index (κ2) is 8.97. The van der Waals surface area contributed by atoms with E-state index >= 15 is 0 Å². The Hall–Kier alpha value is -2.17. The average Bonchev–Trinajstić information content (AvgIpc) is 2.69. The molecule has 0 saturated carbocycles. The van der Waals surface area contributed by atoms with Crippen molar-refractivity contribution in [1.29, 1.82) is 0 Å². The number of hydrogen-bond donors (Lipinski definition) is 1. The van der Waals surface area contributed by atoms with Gasteiger partial charge in [-0.3, -0.25) is 9.59 Å². The van der Waals surface area contributed by atoms with Gasteiger partial charge in [-0.1, -0.05) is 54.1 Å². The fraction of sp³-hybridized carbons (Fsp3) is 0.333. The minimum Gasteiger partial charge on any atom is -0.325 e. The Bertz CT molecular complexity index is 756. The Kier molecular flexibility index (Phi) is 6.42. The molecule has 136 valence electrons. The lowest BCUT2D eigenvalue weighted by molar-refractivity contribution is -0.116. The van der Waals surface area contributed by atoms with Crippen molar-refractivity contribution in [1.82, 2.24) is 4.90 Å². The number of nitrogens with zero attached hydrogens (tertiary/aromatic N) is 1. The Morgan fingerprint density at radius 3 is 2.35 bits per heavy atom. The van der Waals surface area contributed by atoms with Crippen molar-refractivity contribution in [2.45, 2.75) is 19.3 Å². The third-order valence-electron chi connectivity index (χ3n) is 4.82. The average molecular weight is 371 g/mol. The van der Waals surface area contributed by atoms with Gasteiger partial charge in [-0.15, -0.1) is 0 Å². The maximum Gasteiger partial charge on any atom is 0.225 e. The monoisotopic (exact) mass is 370 g/mol. The Morgan fingerprint density at radius 1 is 1.00 bits per heavy atom. The molecule has 1 aliphatic heterocycles. The number of nitrogens with one attached hydrogen (secondary N) is 1. The molecule has 2 aromatic rings. The third kappa shape index (κ3) is 4.93. The van der Waals surface area contributed by atoms with Crippen LogP contribution in [0.1, 0.15) is 29.6 Å². The molecular weight excluding hydrogens is 348 g/mol. The number of Topliss-reactive ketones (excluding diaryl/α,β-unsaturated/α-hetero) is 1. The molecule has 1 saturated heterocycles. The molecule has 0 radical (unpaired) electrons. The predicted octanol–water partition coefficient (Wildman–Crippen LogP) is 4.26. The van der Waals surface area contributed by atoms with E-state index in [1.54, 1.807) is 12.1 Å². The quantitative estimate of drug-likeness (QED) is 0.773. The molecule has 0 spiro atoms. The number of amides is 1. The van der Waals surface area contributed by atoms with Crippen LogP contribution in [-0.2, 0) is 4.79 Å². The number of para-hydroxylation sites is 1. The van der Waals surface area contributed by atoms with Crippen LogP contribution in [0, 0.1) is 5.92 Å². The third-order valence-corrected chi connectivity index (χ3v) is 5.15. The maximum absolute atomic E-state index is 12.5. The molecule has 1 amide bonds. The Labute approximate surface area is 159 Å². The van der Waals surface area contributed by atoms with Gasteiger partial charge in [0.2, 0.25) is 5.91 Å². The van der Waals surface area contributed by atoms with Crippen molar-refractivity contribution in [2.24, 2.45) is 5.92 Å². The number of carbonyl (C=O) groups excluding carboxylic acids is 2. The number of hydrogen-bond acceptors (Lipinski definition) is 3. The Morgan fingerprint density at radius 2 is 1.65 bits per heavy atom. The molecule has 0 aromatic heterocycles. The van der Waals surface area contributed by atoms with Gasteiger partial charge in [-0.25, -0.2) is 0 Å². The zero-order chi connectivity index (χ0) is 18.4. The smallest absolute Gasteiger partial charge is 0.225 e. The number of ketones is 1. The van der Waals surface area contributed by atoms with E-state index in [0.717, 1.165) is 31.5 Å². The first-order valence-electron chi connectivity index (χ1n) is 8.99. The number of halogens is 1. The summed E-state index contributed by atoms with van der Waals surface area (Å²) in [7, 11) is 0. The van der Waals surface area contributed by atoms with Crippen LogP contribution < -0.4 is 5.32 Å². The van der Waals surface area contributed by atoms with Crippen molar-refractivity contribution in [2.75, 3.05) is 25.0 Å². The lowest BCUT2D eigenvalue weighted by Crippen LogP contribution is -2.38. The van der Waals surface area contributed by atoms with Crippen LogP contribution in [0.15, 0.2) is 54.6 Å². The van der Waals surface area contributed by atoms with Crippen molar-refractivity contribution in [3.63, 3.8) is 0 Å². The molecule has 0 bridgehead atoms. The van der Waals surface area contributed by atoms with Crippen molar-refractivity contribution in [3.8, 4) is 0 Å². The van der Waals surface area contributed by atoms with Gasteiger partial charge >= 0.3 is 0 Å².